The molecule has 2 N–H and O–H groups in total. The number of rotatable bonds is 7. The summed E-state index contributed by atoms with van der Waals surface area (Å²) in [5, 5.41) is 11.9. The molecule has 7 heteroatoms. The van der Waals surface area contributed by atoms with Crippen LogP contribution in [-0.4, -0.2) is 37.7 Å². The second-order valence-electron chi connectivity index (χ2n) is 6.14. The first kappa shape index (κ1) is 20.6. The smallest absolute Gasteiger partial charge is 0.326 e. The second kappa shape index (κ2) is 8.11. The van der Waals surface area contributed by atoms with Gasteiger partial charge in [0.15, 0.2) is 9.84 Å². The molecule has 0 aliphatic rings. The van der Waals surface area contributed by atoms with Crippen molar-refractivity contribution < 1.29 is 23.1 Å². The zero-order valence-corrected chi connectivity index (χ0v) is 15.6. The Labute approximate surface area is 148 Å². The van der Waals surface area contributed by atoms with Crippen molar-refractivity contribution in [2.45, 2.75) is 38.1 Å². The molecule has 136 valence electrons. The SMILES string of the molecule is C=C(C)C(C(=O)NC(Cc1cccc(S(C)(=O)=O)c1)C(=O)O)=C(C)C. The molecule has 1 aromatic carbocycles. The summed E-state index contributed by atoms with van der Waals surface area (Å²) in [4.78, 5) is 24.0. The van der Waals surface area contributed by atoms with Crippen LogP contribution in [0.1, 0.15) is 26.3 Å². The molecule has 0 aromatic heterocycles. The van der Waals surface area contributed by atoms with Crippen LogP contribution < -0.4 is 5.32 Å². The van der Waals surface area contributed by atoms with Crippen LogP contribution in [0.4, 0.5) is 0 Å². The summed E-state index contributed by atoms with van der Waals surface area (Å²) in [6.07, 6.45) is 1.05. The van der Waals surface area contributed by atoms with Gasteiger partial charge in [-0.05, 0) is 44.0 Å². The molecule has 0 aliphatic carbocycles. The minimum atomic E-state index is -3.39. The number of benzene rings is 1. The van der Waals surface area contributed by atoms with Gasteiger partial charge in [0.25, 0.3) is 5.91 Å². The minimum Gasteiger partial charge on any atom is -0.480 e. The second-order valence-corrected chi connectivity index (χ2v) is 8.16. The fourth-order valence-corrected chi connectivity index (χ4v) is 3.11. The topological polar surface area (TPSA) is 101 Å². The number of aliphatic carboxylic acids is 1. The van der Waals surface area contributed by atoms with E-state index in [4.69, 9.17) is 0 Å². The molecule has 0 spiro atoms. The normalized spacial score (nSPS) is 12.2. The van der Waals surface area contributed by atoms with Crippen LogP contribution >= 0.6 is 0 Å². The highest BCUT2D eigenvalue weighted by atomic mass is 32.2. The quantitative estimate of drug-likeness (QED) is 0.569. The van der Waals surface area contributed by atoms with Gasteiger partial charge in [0, 0.05) is 18.2 Å². The molecular weight excluding hydrogens is 342 g/mol. The number of amides is 1. The van der Waals surface area contributed by atoms with E-state index in [1.165, 1.54) is 12.1 Å². The summed E-state index contributed by atoms with van der Waals surface area (Å²) in [6.45, 7) is 8.90. The Balaban J connectivity index is 3.08. The molecule has 0 saturated heterocycles. The standard InChI is InChI=1S/C18H23NO5S/c1-11(2)16(12(3)4)17(20)19-15(18(21)22)10-13-7-6-8-14(9-13)25(5,23)24/h6-9,15H,1,10H2,2-5H3,(H,19,20)(H,21,22). The number of sulfone groups is 1. The van der Waals surface area contributed by atoms with Crippen LogP contribution in [-0.2, 0) is 25.8 Å². The molecular formula is C18H23NO5S. The van der Waals surface area contributed by atoms with Crippen molar-refractivity contribution >= 4 is 21.7 Å². The van der Waals surface area contributed by atoms with Crippen LogP contribution in [0.2, 0.25) is 0 Å². The van der Waals surface area contributed by atoms with Crippen molar-refractivity contribution in [3.8, 4) is 0 Å². The summed E-state index contributed by atoms with van der Waals surface area (Å²) in [5.74, 6) is -1.72. The van der Waals surface area contributed by atoms with Crippen molar-refractivity contribution in [3.05, 3.63) is 53.1 Å². The molecule has 0 aliphatic heterocycles. The molecule has 1 amide bonds. The Morgan fingerprint density at radius 3 is 2.28 bits per heavy atom. The number of hydrogen-bond donors (Lipinski definition) is 2. The maximum absolute atomic E-state index is 12.4. The van der Waals surface area contributed by atoms with Gasteiger partial charge in [-0.3, -0.25) is 4.79 Å². The first-order valence-corrected chi connectivity index (χ1v) is 9.48. The van der Waals surface area contributed by atoms with E-state index in [9.17, 15) is 23.1 Å². The fourth-order valence-electron chi connectivity index (χ4n) is 2.42. The van der Waals surface area contributed by atoms with E-state index in [0.29, 0.717) is 16.7 Å². The number of carboxylic acid groups (broad SMARTS) is 1. The Hall–Kier alpha value is -2.41. The van der Waals surface area contributed by atoms with Gasteiger partial charge in [0.1, 0.15) is 6.04 Å². The van der Waals surface area contributed by atoms with Crippen LogP contribution in [0.3, 0.4) is 0 Å². The largest absolute Gasteiger partial charge is 0.480 e. The molecule has 1 rings (SSSR count). The number of carbonyl (C=O) groups excluding carboxylic acids is 1. The van der Waals surface area contributed by atoms with Gasteiger partial charge < -0.3 is 10.4 Å². The summed E-state index contributed by atoms with van der Waals surface area (Å²) in [5.41, 5.74) is 2.13. The minimum absolute atomic E-state index is 0.0311. The molecule has 0 fully saturated rings. The maximum Gasteiger partial charge on any atom is 0.326 e. The number of carboxylic acids is 1. The van der Waals surface area contributed by atoms with E-state index in [0.717, 1.165) is 11.8 Å². The van der Waals surface area contributed by atoms with Gasteiger partial charge >= 0.3 is 5.97 Å². The molecule has 6 nitrogen and oxygen atoms in total. The summed E-state index contributed by atoms with van der Waals surface area (Å²) >= 11 is 0. The predicted octanol–water partition coefficient (Wildman–Crippen LogP) is 2.11. The van der Waals surface area contributed by atoms with Crippen LogP contribution in [0, 0.1) is 0 Å². The summed E-state index contributed by atoms with van der Waals surface area (Å²) < 4.78 is 23.2. The van der Waals surface area contributed by atoms with E-state index in [1.807, 2.05) is 0 Å². The molecule has 0 saturated carbocycles. The lowest BCUT2D eigenvalue weighted by Crippen LogP contribution is -2.43. The fraction of sp³-hybridized carbons (Fsp3) is 0.333. The lowest BCUT2D eigenvalue weighted by atomic mass is 10.0. The van der Waals surface area contributed by atoms with Crippen LogP contribution in [0.15, 0.2) is 52.5 Å². The molecule has 25 heavy (non-hydrogen) atoms. The van der Waals surface area contributed by atoms with Crippen molar-refractivity contribution in [1.82, 2.24) is 5.32 Å². The predicted molar refractivity (Wildman–Crippen MR) is 96.0 cm³/mol. The number of carbonyl (C=O) groups is 2. The lowest BCUT2D eigenvalue weighted by Gasteiger charge is -2.17. The van der Waals surface area contributed by atoms with Crippen molar-refractivity contribution in [2.75, 3.05) is 6.26 Å². The Bertz CT molecular complexity index is 833. The van der Waals surface area contributed by atoms with Crippen molar-refractivity contribution in [3.63, 3.8) is 0 Å². The van der Waals surface area contributed by atoms with Gasteiger partial charge in [-0.1, -0.05) is 24.3 Å². The first-order chi connectivity index (χ1) is 11.4. The molecule has 1 atom stereocenters. The number of hydrogen-bond acceptors (Lipinski definition) is 4. The van der Waals surface area contributed by atoms with Gasteiger partial charge in [-0.15, -0.1) is 0 Å². The lowest BCUT2D eigenvalue weighted by molar-refractivity contribution is -0.141. The Kier molecular flexibility index (Phi) is 6.70. The van der Waals surface area contributed by atoms with E-state index in [2.05, 4.69) is 11.9 Å². The molecule has 0 bridgehead atoms. The average Bonchev–Trinajstić information content (AvgIpc) is 2.45. The van der Waals surface area contributed by atoms with Gasteiger partial charge in [-0.25, -0.2) is 13.2 Å². The zero-order chi connectivity index (χ0) is 19.4. The number of nitrogens with one attached hydrogen (secondary N) is 1. The highest BCUT2D eigenvalue weighted by Crippen LogP contribution is 2.15. The summed E-state index contributed by atoms with van der Waals surface area (Å²) in [7, 11) is -3.39. The third kappa shape index (κ3) is 5.86. The molecule has 0 radical (unpaired) electrons. The molecule has 0 heterocycles. The zero-order valence-electron chi connectivity index (χ0n) is 14.8. The average molecular weight is 365 g/mol. The monoisotopic (exact) mass is 365 g/mol. The first-order valence-electron chi connectivity index (χ1n) is 7.59. The highest BCUT2D eigenvalue weighted by molar-refractivity contribution is 7.90. The maximum atomic E-state index is 12.4. The summed E-state index contributed by atoms with van der Waals surface area (Å²) in [6, 6.07) is 4.84. The number of allylic oxidation sites excluding steroid dienone is 1. The Morgan fingerprint density at radius 2 is 1.84 bits per heavy atom. The Morgan fingerprint density at radius 1 is 1.24 bits per heavy atom. The van der Waals surface area contributed by atoms with Crippen molar-refractivity contribution in [2.24, 2.45) is 0 Å². The van der Waals surface area contributed by atoms with Gasteiger partial charge in [-0.2, -0.15) is 0 Å². The van der Waals surface area contributed by atoms with E-state index < -0.39 is 27.8 Å². The third-order valence-electron chi connectivity index (χ3n) is 3.52. The molecule has 1 unspecified atom stereocenters. The van der Waals surface area contributed by atoms with E-state index >= 15 is 0 Å². The van der Waals surface area contributed by atoms with Gasteiger partial charge in [0.2, 0.25) is 0 Å². The van der Waals surface area contributed by atoms with E-state index in [-0.39, 0.29) is 11.3 Å². The van der Waals surface area contributed by atoms with Crippen LogP contribution in [0.25, 0.3) is 0 Å². The van der Waals surface area contributed by atoms with Crippen molar-refractivity contribution in [1.29, 1.82) is 0 Å². The van der Waals surface area contributed by atoms with Crippen LogP contribution in [0.5, 0.6) is 0 Å². The molecule has 1 aromatic rings. The van der Waals surface area contributed by atoms with Gasteiger partial charge in [0.05, 0.1) is 4.90 Å². The highest BCUT2D eigenvalue weighted by Gasteiger charge is 2.23. The van der Waals surface area contributed by atoms with E-state index in [1.54, 1.807) is 32.9 Å². The third-order valence-corrected chi connectivity index (χ3v) is 4.63.